The molecule has 2 aromatic rings. The van der Waals surface area contributed by atoms with Gasteiger partial charge in [-0.05, 0) is 25.5 Å². The number of hydrogen-bond acceptors (Lipinski definition) is 7. The summed E-state index contributed by atoms with van der Waals surface area (Å²) in [6, 6.07) is 4.21. The van der Waals surface area contributed by atoms with E-state index in [4.69, 9.17) is 9.15 Å². The topological polar surface area (TPSA) is 76.3 Å². The number of anilines is 2. The van der Waals surface area contributed by atoms with Crippen LogP contribution in [-0.2, 0) is 6.54 Å². The van der Waals surface area contributed by atoms with E-state index in [1.807, 2.05) is 37.9 Å². The van der Waals surface area contributed by atoms with Gasteiger partial charge in [-0.25, -0.2) is 0 Å². The number of hydrogen-bond donors (Lipinski definition) is 1. The van der Waals surface area contributed by atoms with Crippen LogP contribution < -0.4 is 15.0 Å². The molecule has 114 valence electrons. The van der Waals surface area contributed by atoms with E-state index in [0.717, 1.165) is 17.9 Å². The van der Waals surface area contributed by atoms with E-state index in [0.29, 0.717) is 31.1 Å². The lowest BCUT2D eigenvalue weighted by Crippen LogP contribution is -2.20. The lowest BCUT2D eigenvalue weighted by Gasteiger charge is -2.16. The first-order valence-corrected chi connectivity index (χ1v) is 6.95. The molecule has 1 N–H and O–H groups in total. The predicted molar refractivity (Wildman–Crippen MR) is 80.7 cm³/mol. The normalized spacial score (nSPS) is 10.5. The number of aromatic nitrogens is 3. The van der Waals surface area contributed by atoms with Crippen LogP contribution in [0.2, 0.25) is 0 Å². The molecule has 7 nitrogen and oxygen atoms in total. The highest BCUT2D eigenvalue weighted by molar-refractivity contribution is 5.37. The minimum Gasteiger partial charge on any atom is -0.464 e. The molecule has 0 saturated carbocycles. The highest BCUT2D eigenvalue weighted by atomic mass is 16.5. The monoisotopic (exact) mass is 291 g/mol. The van der Waals surface area contributed by atoms with Gasteiger partial charge < -0.3 is 19.4 Å². The van der Waals surface area contributed by atoms with Crippen molar-refractivity contribution in [1.29, 1.82) is 0 Å². The Bertz CT molecular complexity index is 584. The van der Waals surface area contributed by atoms with E-state index in [9.17, 15) is 0 Å². The minimum absolute atomic E-state index is 0.327. The van der Waals surface area contributed by atoms with Crippen LogP contribution in [0.1, 0.15) is 24.9 Å². The average Bonchev–Trinajstić information content (AvgIpc) is 2.89. The molecule has 0 aromatic carbocycles. The molecule has 0 amide bonds. The summed E-state index contributed by atoms with van der Waals surface area (Å²) >= 11 is 0. The fourth-order valence-electron chi connectivity index (χ4n) is 1.76. The Labute approximate surface area is 124 Å². The van der Waals surface area contributed by atoms with Crippen LogP contribution in [0, 0.1) is 6.92 Å². The number of nitrogens with one attached hydrogen (secondary N) is 1. The molecule has 0 spiro atoms. The molecule has 2 rings (SSSR count). The van der Waals surface area contributed by atoms with Crippen molar-refractivity contribution in [2.24, 2.45) is 0 Å². The second-order valence-corrected chi connectivity index (χ2v) is 4.71. The Morgan fingerprint density at radius 2 is 2.10 bits per heavy atom. The van der Waals surface area contributed by atoms with Crippen molar-refractivity contribution in [1.82, 2.24) is 15.0 Å². The summed E-state index contributed by atoms with van der Waals surface area (Å²) in [6.07, 6.45) is 0.900. The van der Waals surface area contributed by atoms with Crippen molar-refractivity contribution in [3.63, 3.8) is 0 Å². The fourth-order valence-corrected chi connectivity index (χ4v) is 1.76. The van der Waals surface area contributed by atoms with Crippen LogP contribution in [0.3, 0.4) is 0 Å². The van der Waals surface area contributed by atoms with Gasteiger partial charge in [0.1, 0.15) is 11.5 Å². The third-order valence-corrected chi connectivity index (χ3v) is 2.79. The zero-order chi connectivity index (χ0) is 15.2. The third kappa shape index (κ3) is 4.08. The van der Waals surface area contributed by atoms with Gasteiger partial charge >= 0.3 is 6.01 Å². The van der Waals surface area contributed by atoms with Crippen molar-refractivity contribution in [2.75, 3.05) is 30.9 Å². The quantitative estimate of drug-likeness (QED) is 0.838. The largest absolute Gasteiger partial charge is 0.464 e. The lowest BCUT2D eigenvalue weighted by molar-refractivity contribution is 0.292. The molecule has 21 heavy (non-hydrogen) atoms. The molecule has 2 aromatic heterocycles. The van der Waals surface area contributed by atoms with E-state index in [1.165, 1.54) is 0 Å². The molecule has 0 bridgehead atoms. The summed E-state index contributed by atoms with van der Waals surface area (Å²) in [6.45, 7) is 5.11. The van der Waals surface area contributed by atoms with Crippen molar-refractivity contribution >= 4 is 11.9 Å². The molecule has 2 heterocycles. The maximum Gasteiger partial charge on any atom is 0.323 e. The summed E-state index contributed by atoms with van der Waals surface area (Å²) in [4.78, 5) is 14.7. The zero-order valence-corrected chi connectivity index (χ0v) is 12.9. The Balaban J connectivity index is 2.16. The second kappa shape index (κ2) is 6.92. The second-order valence-electron chi connectivity index (χ2n) is 4.71. The van der Waals surface area contributed by atoms with Crippen molar-refractivity contribution < 1.29 is 9.15 Å². The van der Waals surface area contributed by atoms with Crippen LogP contribution in [-0.4, -0.2) is 35.7 Å². The van der Waals surface area contributed by atoms with Gasteiger partial charge in [-0.1, -0.05) is 6.92 Å². The van der Waals surface area contributed by atoms with Gasteiger partial charge in [-0.3, -0.25) is 0 Å². The standard InChI is InChI=1S/C14H21N5O2/c1-5-8-20-14-17-12(15-3)16-13(18-14)19(4)9-11-7-6-10(2)21-11/h6-7H,5,8-9H2,1-4H3,(H,15,16,17,18). The van der Waals surface area contributed by atoms with Gasteiger partial charge in [0.15, 0.2) is 0 Å². The molecule has 0 radical (unpaired) electrons. The summed E-state index contributed by atoms with van der Waals surface area (Å²) in [5, 5.41) is 2.91. The van der Waals surface area contributed by atoms with Crippen LogP contribution in [0.5, 0.6) is 6.01 Å². The van der Waals surface area contributed by atoms with Gasteiger partial charge in [0.25, 0.3) is 0 Å². The number of rotatable bonds is 7. The fraction of sp³-hybridized carbons (Fsp3) is 0.500. The molecule has 0 aliphatic rings. The molecular formula is C14H21N5O2. The SMILES string of the molecule is CCCOc1nc(NC)nc(N(C)Cc2ccc(C)o2)n1. The third-order valence-electron chi connectivity index (χ3n) is 2.79. The first-order chi connectivity index (χ1) is 10.1. The Kier molecular flexibility index (Phi) is 4.97. The van der Waals surface area contributed by atoms with E-state index in [2.05, 4.69) is 20.3 Å². The zero-order valence-electron chi connectivity index (χ0n) is 12.9. The van der Waals surface area contributed by atoms with E-state index >= 15 is 0 Å². The van der Waals surface area contributed by atoms with Gasteiger partial charge in [0.05, 0.1) is 13.2 Å². The van der Waals surface area contributed by atoms with Gasteiger partial charge in [-0.15, -0.1) is 0 Å². The van der Waals surface area contributed by atoms with E-state index in [1.54, 1.807) is 7.05 Å². The summed E-state index contributed by atoms with van der Waals surface area (Å²) in [5.74, 6) is 2.76. The van der Waals surface area contributed by atoms with Crippen molar-refractivity contribution in [3.8, 4) is 6.01 Å². The van der Waals surface area contributed by atoms with Gasteiger partial charge in [-0.2, -0.15) is 15.0 Å². The van der Waals surface area contributed by atoms with Crippen molar-refractivity contribution in [2.45, 2.75) is 26.8 Å². The van der Waals surface area contributed by atoms with E-state index < -0.39 is 0 Å². The number of aryl methyl sites for hydroxylation is 1. The van der Waals surface area contributed by atoms with Gasteiger partial charge in [0, 0.05) is 14.1 Å². The smallest absolute Gasteiger partial charge is 0.323 e. The highest BCUT2D eigenvalue weighted by Crippen LogP contribution is 2.17. The summed E-state index contributed by atoms with van der Waals surface area (Å²) < 4.78 is 11.1. The predicted octanol–water partition coefficient (Wildman–Crippen LogP) is 2.24. The van der Waals surface area contributed by atoms with Crippen LogP contribution in [0.25, 0.3) is 0 Å². The molecule has 0 atom stereocenters. The highest BCUT2D eigenvalue weighted by Gasteiger charge is 2.12. The first kappa shape index (κ1) is 15.1. The Morgan fingerprint density at radius 3 is 2.71 bits per heavy atom. The Hall–Kier alpha value is -2.31. The minimum atomic E-state index is 0.327. The number of nitrogens with zero attached hydrogens (tertiary/aromatic N) is 4. The average molecular weight is 291 g/mol. The number of furan rings is 1. The molecule has 0 aliphatic heterocycles. The van der Waals surface area contributed by atoms with Gasteiger partial charge in [0.2, 0.25) is 11.9 Å². The molecule has 7 heteroatoms. The van der Waals surface area contributed by atoms with Crippen LogP contribution >= 0.6 is 0 Å². The molecule has 0 fully saturated rings. The van der Waals surface area contributed by atoms with Crippen LogP contribution in [0.15, 0.2) is 16.5 Å². The molecule has 0 unspecified atom stereocenters. The maximum atomic E-state index is 5.57. The van der Waals surface area contributed by atoms with Crippen LogP contribution in [0.4, 0.5) is 11.9 Å². The van der Waals surface area contributed by atoms with Crippen molar-refractivity contribution in [3.05, 3.63) is 23.7 Å². The number of ether oxygens (including phenoxy) is 1. The summed E-state index contributed by atoms with van der Waals surface area (Å²) in [7, 11) is 3.66. The molecular weight excluding hydrogens is 270 g/mol. The summed E-state index contributed by atoms with van der Waals surface area (Å²) in [5.41, 5.74) is 0. The maximum absolute atomic E-state index is 5.57. The van der Waals surface area contributed by atoms with E-state index in [-0.39, 0.29) is 0 Å². The first-order valence-electron chi connectivity index (χ1n) is 6.95. The Morgan fingerprint density at radius 1 is 1.29 bits per heavy atom. The molecule has 0 aliphatic carbocycles. The molecule has 0 saturated heterocycles. The lowest BCUT2D eigenvalue weighted by atomic mass is 10.4.